The largest absolute Gasteiger partial charge is 0.390 e. The summed E-state index contributed by atoms with van der Waals surface area (Å²) < 4.78 is 2.12. The first-order valence-electron chi connectivity index (χ1n) is 11.1. The third-order valence-corrected chi connectivity index (χ3v) is 6.44. The number of imidazole rings is 1. The van der Waals surface area contributed by atoms with Crippen molar-refractivity contribution in [2.45, 2.75) is 38.8 Å². The van der Waals surface area contributed by atoms with Crippen LogP contribution < -0.4 is 15.5 Å². The van der Waals surface area contributed by atoms with Gasteiger partial charge in [0.1, 0.15) is 11.5 Å². The highest BCUT2D eigenvalue weighted by Gasteiger charge is 2.31. The molecule has 3 N–H and O–H groups in total. The van der Waals surface area contributed by atoms with Crippen molar-refractivity contribution >= 4 is 11.5 Å². The molecule has 1 saturated heterocycles. The molecule has 0 radical (unpaired) electrons. The van der Waals surface area contributed by atoms with Crippen LogP contribution in [0.3, 0.4) is 0 Å². The van der Waals surface area contributed by atoms with Gasteiger partial charge < -0.3 is 25.5 Å². The number of nitrogens with one attached hydrogen (secondary N) is 2. The molecule has 2 aliphatic heterocycles. The number of nitrogens with zero attached hydrogens (tertiary/aromatic N) is 4. The number of anilines is 1. The number of allylic oxidation sites excluding steroid dienone is 4. The van der Waals surface area contributed by atoms with Crippen LogP contribution in [-0.4, -0.2) is 53.6 Å². The summed E-state index contributed by atoms with van der Waals surface area (Å²) in [5.74, 6) is 1.05. The summed E-state index contributed by atoms with van der Waals surface area (Å²) in [4.78, 5) is 9.59. The molecular formula is C24H34N6O. The van der Waals surface area contributed by atoms with Crippen molar-refractivity contribution in [2.75, 3.05) is 39.1 Å². The number of pyridine rings is 1. The van der Waals surface area contributed by atoms with E-state index in [2.05, 4.69) is 58.0 Å². The zero-order chi connectivity index (χ0) is 22.0. The molecule has 0 bridgehead atoms. The first kappa shape index (κ1) is 21.5. The fourth-order valence-corrected chi connectivity index (χ4v) is 4.74. The quantitative estimate of drug-likeness (QED) is 0.665. The minimum absolute atomic E-state index is 0.0382. The van der Waals surface area contributed by atoms with Gasteiger partial charge in [0, 0.05) is 39.1 Å². The minimum atomic E-state index is -0.0382. The molecule has 7 heteroatoms. The van der Waals surface area contributed by atoms with Crippen LogP contribution in [-0.2, 0) is 6.61 Å². The number of dihydropyridines is 1. The molecule has 2 aliphatic rings. The van der Waals surface area contributed by atoms with Crippen molar-refractivity contribution < 1.29 is 5.11 Å². The summed E-state index contributed by atoms with van der Waals surface area (Å²) in [6.45, 7) is 3.87. The molecule has 0 spiro atoms. The van der Waals surface area contributed by atoms with Crippen molar-refractivity contribution in [2.24, 2.45) is 0 Å². The fraction of sp³-hybridized carbons (Fsp3) is 0.458. The van der Waals surface area contributed by atoms with E-state index in [0.29, 0.717) is 0 Å². The first-order valence-corrected chi connectivity index (χ1v) is 11.1. The second-order valence-electron chi connectivity index (χ2n) is 8.40. The summed E-state index contributed by atoms with van der Waals surface area (Å²) in [5.41, 5.74) is 6.49. The third kappa shape index (κ3) is 3.95. The van der Waals surface area contributed by atoms with Gasteiger partial charge in [0.2, 0.25) is 0 Å². The van der Waals surface area contributed by atoms with Crippen LogP contribution in [0.25, 0.3) is 5.65 Å². The number of fused-ring (bicyclic) bond motifs is 1. The predicted octanol–water partition coefficient (Wildman–Crippen LogP) is 2.91. The highest BCUT2D eigenvalue weighted by atomic mass is 16.3. The molecule has 4 rings (SSSR count). The van der Waals surface area contributed by atoms with E-state index in [1.54, 1.807) is 0 Å². The molecule has 0 saturated carbocycles. The zero-order valence-electron chi connectivity index (χ0n) is 19.0. The molecule has 2 aromatic heterocycles. The average Bonchev–Trinajstić information content (AvgIpc) is 3.16. The van der Waals surface area contributed by atoms with E-state index in [-0.39, 0.29) is 12.6 Å². The molecule has 4 heterocycles. The Kier molecular flexibility index (Phi) is 6.34. The molecule has 0 amide bonds. The summed E-state index contributed by atoms with van der Waals surface area (Å²) in [7, 11) is 6.20. The smallest absolute Gasteiger partial charge is 0.139 e. The molecule has 0 aliphatic carbocycles. The van der Waals surface area contributed by atoms with E-state index in [1.165, 1.54) is 17.0 Å². The first-order chi connectivity index (χ1) is 15.1. The Balaban J connectivity index is 1.76. The summed E-state index contributed by atoms with van der Waals surface area (Å²) in [6.07, 6.45) is 9.33. The maximum absolute atomic E-state index is 10.4. The van der Waals surface area contributed by atoms with Crippen molar-refractivity contribution in [3.63, 3.8) is 0 Å². The van der Waals surface area contributed by atoms with Crippen LogP contribution in [0.2, 0.25) is 0 Å². The molecule has 1 atom stereocenters. The van der Waals surface area contributed by atoms with Crippen LogP contribution in [0, 0.1) is 0 Å². The fourth-order valence-electron chi connectivity index (χ4n) is 4.74. The molecular weight excluding hydrogens is 388 g/mol. The monoisotopic (exact) mass is 422 g/mol. The van der Waals surface area contributed by atoms with Gasteiger partial charge in [0.05, 0.1) is 29.7 Å². The normalized spacial score (nSPS) is 21.4. The molecule has 2 aromatic rings. The molecule has 31 heavy (non-hydrogen) atoms. The number of aliphatic hydroxyl groups excluding tert-OH is 1. The van der Waals surface area contributed by atoms with Gasteiger partial charge in [-0.25, -0.2) is 4.98 Å². The van der Waals surface area contributed by atoms with E-state index in [4.69, 9.17) is 4.98 Å². The number of hydrogen-bond acceptors (Lipinski definition) is 6. The van der Waals surface area contributed by atoms with Crippen LogP contribution in [0.15, 0.2) is 53.5 Å². The third-order valence-electron chi connectivity index (χ3n) is 6.44. The van der Waals surface area contributed by atoms with Gasteiger partial charge in [-0.15, -0.1) is 0 Å². The minimum Gasteiger partial charge on any atom is -0.390 e. The number of piperidine rings is 1. The lowest BCUT2D eigenvalue weighted by Gasteiger charge is -2.38. The number of likely N-dealkylation sites (tertiary alicyclic amines) is 1. The topological polar surface area (TPSA) is 68.1 Å². The standard InChI is InChI=1S/C24H34N6O/c1-17-8-7-13-26-23(17)18-9-5-10-19(29(18)4)24-20(16-31)30-21(27-24)11-6-12-22(30)28(3)15-14-25-2/h6-8,11-13,19,25-26,31H,5,9-10,14-16H2,1-4H3/b23-18-/t19-/m1/s1. The Morgan fingerprint density at radius 2 is 2.19 bits per heavy atom. The maximum Gasteiger partial charge on any atom is 0.139 e. The van der Waals surface area contributed by atoms with Gasteiger partial charge in [-0.2, -0.15) is 0 Å². The Bertz CT molecular complexity index is 1030. The number of rotatable bonds is 6. The molecule has 7 nitrogen and oxygen atoms in total. The Morgan fingerprint density at radius 1 is 1.35 bits per heavy atom. The lowest BCUT2D eigenvalue weighted by Crippen LogP contribution is -2.32. The SMILES string of the molecule is CNCCN(C)c1cccc2nc([C@H]3CCC/C(=C4/NC=CC=C4C)N3C)c(CO)n12. The Morgan fingerprint density at radius 3 is 2.94 bits per heavy atom. The lowest BCUT2D eigenvalue weighted by atomic mass is 9.94. The summed E-state index contributed by atoms with van der Waals surface area (Å²) in [5, 5.41) is 17.1. The molecule has 166 valence electrons. The van der Waals surface area contributed by atoms with Gasteiger partial charge in [-0.05, 0) is 57.0 Å². The number of aromatic nitrogens is 2. The zero-order valence-corrected chi connectivity index (χ0v) is 19.0. The van der Waals surface area contributed by atoms with Crippen molar-refractivity contribution in [3.05, 3.63) is 64.9 Å². The van der Waals surface area contributed by atoms with Crippen molar-refractivity contribution in [1.29, 1.82) is 0 Å². The van der Waals surface area contributed by atoms with Crippen LogP contribution in [0.1, 0.15) is 43.6 Å². The second-order valence-corrected chi connectivity index (χ2v) is 8.40. The van der Waals surface area contributed by atoms with Crippen LogP contribution in [0.4, 0.5) is 5.82 Å². The van der Waals surface area contributed by atoms with E-state index in [1.807, 2.05) is 31.5 Å². The van der Waals surface area contributed by atoms with E-state index < -0.39 is 0 Å². The summed E-state index contributed by atoms with van der Waals surface area (Å²) >= 11 is 0. The number of likely N-dealkylation sites (N-methyl/N-ethyl adjacent to an activating group) is 2. The highest BCUT2D eigenvalue weighted by Crippen LogP contribution is 2.39. The highest BCUT2D eigenvalue weighted by molar-refractivity contribution is 5.55. The van der Waals surface area contributed by atoms with Gasteiger partial charge in [-0.1, -0.05) is 12.1 Å². The second kappa shape index (κ2) is 9.16. The van der Waals surface area contributed by atoms with E-state index >= 15 is 0 Å². The predicted molar refractivity (Wildman–Crippen MR) is 126 cm³/mol. The lowest BCUT2D eigenvalue weighted by molar-refractivity contribution is 0.225. The van der Waals surface area contributed by atoms with Gasteiger partial charge in [-0.3, -0.25) is 4.40 Å². The summed E-state index contributed by atoms with van der Waals surface area (Å²) in [6, 6.07) is 6.30. The van der Waals surface area contributed by atoms with E-state index in [9.17, 15) is 5.11 Å². The number of aliphatic hydroxyl groups is 1. The average molecular weight is 423 g/mol. The Labute approximate surface area is 184 Å². The van der Waals surface area contributed by atoms with Gasteiger partial charge >= 0.3 is 0 Å². The molecule has 1 fully saturated rings. The van der Waals surface area contributed by atoms with E-state index in [0.717, 1.165) is 55.2 Å². The maximum atomic E-state index is 10.4. The van der Waals surface area contributed by atoms with Gasteiger partial charge in [0.25, 0.3) is 0 Å². The van der Waals surface area contributed by atoms with Gasteiger partial charge in [0.15, 0.2) is 0 Å². The Hall–Kier alpha value is -2.77. The molecule has 0 unspecified atom stereocenters. The van der Waals surface area contributed by atoms with Crippen LogP contribution in [0.5, 0.6) is 0 Å². The van der Waals surface area contributed by atoms with Crippen molar-refractivity contribution in [1.82, 2.24) is 24.9 Å². The number of hydrogen-bond donors (Lipinski definition) is 3. The van der Waals surface area contributed by atoms with Crippen LogP contribution >= 0.6 is 0 Å². The molecule has 0 aromatic carbocycles. The van der Waals surface area contributed by atoms with Crippen molar-refractivity contribution in [3.8, 4) is 0 Å².